The lowest BCUT2D eigenvalue weighted by Crippen LogP contribution is -2.27. The van der Waals surface area contributed by atoms with Crippen molar-refractivity contribution in [2.75, 3.05) is 18.8 Å². The quantitative estimate of drug-likeness (QED) is 0.638. The fraction of sp³-hybridized carbons (Fsp3) is 0.111. The summed E-state index contributed by atoms with van der Waals surface area (Å²) in [6, 6.07) is 10.1. The molecule has 132 valence electrons. The average molecular weight is 387 g/mol. The topological polar surface area (TPSA) is 68.2 Å². The number of hydrogen-bond donors (Lipinski definition) is 1. The highest BCUT2D eigenvalue weighted by molar-refractivity contribution is 8.27. The maximum atomic E-state index is 12.8. The molecule has 0 unspecified atom stereocenters. The zero-order valence-electron chi connectivity index (χ0n) is 13.6. The number of hydrogen-bond acceptors (Lipinski definition) is 7. The summed E-state index contributed by atoms with van der Waals surface area (Å²) in [6.45, 7) is 0.166. The van der Waals surface area contributed by atoms with Gasteiger partial charge < -0.3 is 19.3 Å². The van der Waals surface area contributed by atoms with Gasteiger partial charge >= 0.3 is 0 Å². The van der Waals surface area contributed by atoms with Crippen molar-refractivity contribution in [1.82, 2.24) is 0 Å². The number of phenolic OH excluding ortho intramolecular Hbond substituents is 1. The summed E-state index contributed by atoms with van der Waals surface area (Å²) in [4.78, 5) is 14.8. The van der Waals surface area contributed by atoms with E-state index >= 15 is 0 Å². The third-order valence-corrected chi connectivity index (χ3v) is 5.21. The first kappa shape index (κ1) is 16.7. The number of methoxy groups -OCH3 is 1. The predicted molar refractivity (Wildman–Crippen MR) is 103 cm³/mol. The minimum Gasteiger partial charge on any atom is -0.504 e. The SMILES string of the molecule is COc1cc(/C=C2\SC(=S)N(c3ccc4c(c3)OCO4)C2=O)ccc1O. The maximum Gasteiger partial charge on any atom is 0.270 e. The number of ether oxygens (including phenoxy) is 3. The van der Waals surface area contributed by atoms with Crippen LogP contribution in [0.25, 0.3) is 6.08 Å². The molecule has 2 aliphatic heterocycles. The van der Waals surface area contributed by atoms with Gasteiger partial charge in [0.15, 0.2) is 27.3 Å². The fourth-order valence-corrected chi connectivity index (χ4v) is 3.95. The van der Waals surface area contributed by atoms with Crippen molar-refractivity contribution in [1.29, 1.82) is 0 Å². The third-order valence-electron chi connectivity index (χ3n) is 3.91. The van der Waals surface area contributed by atoms with Crippen LogP contribution in [0.3, 0.4) is 0 Å². The van der Waals surface area contributed by atoms with Gasteiger partial charge in [0, 0.05) is 6.07 Å². The summed E-state index contributed by atoms with van der Waals surface area (Å²) in [5.74, 6) is 1.39. The summed E-state index contributed by atoms with van der Waals surface area (Å²) in [5.41, 5.74) is 1.36. The molecule has 1 N–H and O–H groups in total. The number of carbonyl (C=O) groups is 1. The van der Waals surface area contributed by atoms with E-state index in [-0.39, 0.29) is 18.4 Å². The molecule has 0 radical (unpaired) electrons. The largest absolute Gasteiger partial charge is 0.504 e. The van der Waals surface area contributed by atoms with Crippen molar-refractivity contribution < 1.29 is 24.1 Å². The molecule has 2 aromatic rings. The lowest BCUT2D eigenvalue weighted by Gasteiger charge is -2.14. The number of aromatic hydroxyl groups is 1. The molecule has 2 heterocycles. The van der Waals surface area contributed by atoms with Crippen LogP contribution in [0.5, 0.6) is 23.0 Å². The molecule has 8 heteroatoms. The van der Waals surface area contributed by atoms with Crippen LogP contribution in [0.4, 0.5) is 5.69 Å². The number of nitrogens with zero attached hydrogens (tertiary/aromatic N) is 1. The number of thioether (sulfide) groups is 1. The zero-order chi connectivity index (χ0) is 18.3. The van der Waals surface area contributed by atoms with E-state index in [0.29, 0.717) is 32.2 Å². The van der Waals surface area contributed by atoms with Gasteiger partial charge in [-0.1, -0.05) is 30.0 Å². The van der Waals surface area contributed by atoms with Gasteiger partial charge in [-0.15, -0.1) is 0 Å². The number of thiocarbonyl (C=S) groups is 1. The Hall–Kier alpha value is -2.71. The number of benzene rings is 2. The lowest BCUT2D eigenvalue weighted by molar-refractivity contribution is -0.113. The molecule has 0 spiro atoms. The molecule has 0 aliphatic carbocycles. The fourth-order valence-electron chi connectivity index (χ4n) is 2.65. The first-order chi connectivity index (χ1) is 12.6. The molecular formula is C18H13NO5S2. The summed E-state index contributed by atoms with van der Waals surface area (Å²) >= 11 is 6.60. The molecule has 1 amide bonds. The van der Waals surface area contributed by atoms with E-state index in [2.05, 4.69) is 0 Å². The Kier molecular flexibility index (Phi) is 4.21. The third kappa shape index (κ3) is 2.87. The molecule has 26 heavy (non-hydrogen) atoms. The van der Waals surface area contributed by atoms with Gasteiger partial charge in [-0.05, 0) is 35.9 Å². The van der Waals surface area contributed by atoms with Gasteiger partial charge in [0.2, 0.25) is 6.79 Å². The number of amides is 1. The van der Waals surface area contributed by atoms with Crippen molar-refractivity contribution in [3.8, 4) is 23.0 Å². The molecular weight excluding hydrogens is 374 g/mol. The Balaban J connectivity index is 1.65. The number of rotatable bonds is 3. The first-order valence-corrected chi connectivity index (χ1v) is 8.84. The van der Waals surface area contributed by atoms with Gasteiger partial charge in [0.05, 0.1) is 17.7 Å². The second-order valence-electron chi connectivity index (χ2n) is 5.49. The Morgan fingerprint density at radius 2 is 2.04 bits per heavy atom. The summed E-state index contributed by atoms with van der Waals surface area (Å²) in [5, 5.41) is 9.69. The van der Waals surface area contributed by atoms with Crippen LogP contribution < -0.4 is 19.1 Å². The summed E-state index contributed by atoms with van der Waals surface area (Å²) in [7, 11) is 1.47. The van der Waals surface area contributed by atoms with Crippen LogP contribution in [-0.4, -0.2) is 29.2 Å². The Morgan fingerprint density at radius 3 is 2.85 bits per heavy atom. The molecule has 4 rings (SSSR count). The van der Waals surface area contributed by atoms with Crippen molar-refractivity contribution in [2.24, 2.45) is 0 Å². The van der Waals surface area contributed by atoms with Crippen molar-refractivity contribution in [3.63, 3.8) is 0 Å². The van der Waals surface area contributed by atoms with E-state index in [0.717, 1.165) is 5.56 Å². The highest BCUT2D eigenvalue weighted by Crippen LogP contribution is 2.41. The minimum absolute atomic E-state index is 0.0394. The molecule has 1 fully saturated rings. The first-order valence-electron chi connectivity index (χ1n) is 7.61. The van der Waals surface area contributed by atoms with Crippen LogP contribution in [-0.2, 0) is 4.79 Å². The Morgan fingerprint density at radius 1 is 1.23 bits per heavy atom. The van der Waals surface area contributed by atoms with Gasteiger partial charge in [-0.3, -0.25) is 9.69 Å². The Bertz CT molecular complexity index is 957. The average Bonchev–Trinajstić information content (AvgIpc) is 3.20. The number of carbonyl (C=O) groups excluding carboxylic acids is 1. The molecule has 6 nitrogen and oxygen atoms in total. The zero-order valence-corrected chi connectivity index (χ0v) is 15.2. The second-order valence-corrected chi connectivity index (χ2v) is 7.16. The molecule has 2 aromatic carbocycles. The van der Waals surface area contributed by atoms with Gasteiger partial charge in [0.1, 0.15) is 0 Å². The van der Waals surface area contributed by atoms with E-state index < -0.39 is 0 Å². The maximum absolute atomic E-state index is 12.8. The van der Waals surface area contributed by atoms with Crippen LogP contribution in [0.15, 0.2) is 41.3 Å². The van der Waals surface area contributed by atoms with Gasteiger partial charge in [-0.2, -0.15) is 0 Å². The minimum atomic E-state index is -0.217. The van der Waals surface area contributed by atoms with E-state index in [1.165, 1.54) is 29.8 Å². The smallest absolute Gasteiger partial charge is 0.270 e. The van der Waals surface area contributed by atoms with Gasteiger partial charge in [-0.25, -0.2) is 0 Å². The lowest BCUT2D eigenvalue weighted by atomic mass is 10.2. The number of phenols is 1. The van der Waals surface area contributed by atoms with Crippen molar-refractivity contribution >= 4 is 46.0 Å². The Labute approximate surface area is 159 Å². The molecule has 1 saturated heterocycles. The standard InChI is InChI=1S/C18H13NO5S2/c1-22-14-6-10(2-4-12(14)20)7-16-17(21)19(18(25)26-16)11-3-5-13-15(8-11)24-9-23-13/h2-8,20H,9H2,1H3/b16-7-. The highest BCUT2D eigenvalue weighted by atomic mass is 32.2. The summed E-state index contributed by atoms with van der Waals surface area (Å²) < 4.78 is 16.2. The van der Waals surface area contributed by atoms with Crippen molar-refractivity contribution in [2.45, 2.75) is 0 Å². The van der Waals surface area contributed by atoms with E-state index in [1.54, 1.807) is 36.4 Å². The van der Waals surface area contributed by atoms with Crippen LogP contribution in [0.2, 0.25) is 0 Å². The molecule has 0 atom stereocenters. The normalized spacial score (nSPS) is 17.3. The van der Waals surface area contributed by atoms with Crippen LogP contribution in [0, 0.1) is 0 Å². The number of anilines is 1. The molecule has 0 bridgehead atoms. The van der Waals surface area contributed by atoms with Gasteiger partial charge in [0.25, 0.3) is 5.91 Å². The molecule has 2 aliphatic rings. The number of fused-ring (bicyclic) bond motifs is 1. The monoisotopic (exact) mass is 387 g/mol. The second kappa shape index (κ2) is 6.54. The molecule has 0 aromatic heterocycles. The molecule has 0 saturated carbocycles. The summed E-state index contributed by atoms with van der Waals surface area (Å²) in [6.07, 6.45) is 1.72. The van der Waals surface area contributed by atoms with E-state index in [4.69, 9.17) is 26.4 Å². The van der Waals surface area contributed by atoms with E-state index in [1.807, 2.05) is 0 Å². The van der Waals surface area contributed by atoms with Crippen LogP contribution >= 0.6 is 24.0 Å². The highest BCUT2D eigenvalue weighted by Gasteiger charge is 2.34. The van der Waals surface area contributed by atoms with Crippen molar-refractivity contribution in [3.05, 3.63) is 46.9 Å². The van der Waals surface area contributed by atoms with Crippen LogP contribution in [0.1, 0.15) is 5.56 Å². The predicted octanol–water partition coefficient (Wildman–Crippen LogP) is 3.54. The van der Waals surface area contributed by atoms with E-state index in [9.17, 15) is 9.90 Å².